The van der Waals surface area contributed by atoms with Gasteiger partial charge in [0.2, 0.25) is 11.8 Å². The van der Waals surface area contributed by atoms with Crippen molar-refractivity contribution in [2.45, 2.75) is 45.6 Å². The summed E-state index contributed by atoms with van der Waals surface area (Å²) in [6.45, 7) is 4.55. The standard InChI is InChI=1S/C15H19N3O2S/c1-3-11-8-10(9-16)15(21-11)17-14(20)12(4-2)18-7-5-6-13(18)19/h8,12H,3-7H2,1-2H3,(H,17,20). The first-order valence-corrected chi connectivity index (χ1v) is 8.05. The number of carbonyl (C=O) groups is 2. The van der Waals surface area contributed by atoms with E-state index in [1.165, 1.54) is 11.3 Å². The highest BCUT2D eigenvalue weighted by atomic mass is 32.1. The minimum atomic E-state index is -0.446. The molecule has 1 aliphatic heterocycles. The molecule has 2 rings (SSSR count). The van der Waals surface area contributed by atoms with Gasteiger partial charge in [-0.05, 0) is 25.3 Å². The predicted octanol–water partition coefficient (Wildman–Crippen LogP) is 2.52. The molecule has 0 radical (unpaired) electrons. The molecular weight excluding hydrogens is 286 g/mol. The Kier molecular flexibility index (Phi) is 4.97. The second-order valence-electron chi connectivity index (χ2n) is 5.02. The normalized spacial score (nSPS) is 15.9. The second-order valence-corrected chi connectivity index (χ2v) is 6.16. The summed E-state index contributed by atoms with van der Waals surface area (Å²) in [6.07, 6.45) is 2.74. The van der Waals surface area contributed by atoms with Crippen LogP contribution in [0.2, 0.25) is 0 Å². The van der Waals surface area contributed by atoms with E-state index in [2.05, 4.69) is 11.4 Å². The molecule has 2 heterocycles. The van der Waals surface area contributed by atoms with Crippen molar-refractivity contribution in [3.8, 4) is 6.07 Å². The summed E-state index contributed by atoms with van der Waals surface area (Å²) >= 11 is 1.43. The molecule has 6 heteroatoms. The van der Waals surface area contributed by atoms with Crippen LogP contribution in [0.1, 0.15) is 43.6 Å². The van der Waals surface area contributed by atoms with Gasteiger partial charge in [0, 0.05) is 17.8 Å². The average molecular weight is 305 g/mol. The molecule has 2 amide bonds. The Morgan fingerprint density at radius 3 is 2.86 bits per heavy atom. The van der Waals surface area contributed by atoms with Gasteiger partial charge >= 0.3 is 0 Å². The quantitative estimate of drug-likeness (QED) is 0.908. The van der Waals surface area contributed by atoms with E-state index in [1.54, 1.807) is 4.90 Å². The van der Waals surface area contributed by atoms with Gasteiger partial charge in [-0.1, -0.05) is 13.8 Å². The number of likely N-dealkylation sites (tertiary alicyclic amines) is 1. The largest absolute Gasteiger partial charge is 0.331 e. The van der Waals surface area contributed by atoms with Crippen molar-refractivity contribution >= 4 is 28.2 Å². The first kappa shape index (κ1) is 15.5. The number of nitriles is 1. The number of carbonyl (C=O) groups excluding carboxylic acids is 2. The fourth-order valence-corrected chi connectivity index (χ4v) is 3.48. The van der Waals surface area contributed by atoms with Crippen molar-refractivity contribution < 1.29 is 9.59 Å². The van der Waals surface area contributed by atoms with Gasteiger partial charge in [-0.2, -0.15) is 5.26 Å². The van der Waals surface area contributed by atoms with Crippen molar-refractivity contribution in [3.63, 3.8) is 0 Å². The highest BCUT2D eigenvalue weighted by Gasteiger charge is 2.32. The van der Waals surface area contributed by atoms with Crippen LogP contribution in [-0.4, -0.2) is 29.3 Å². The minimum absolute atomic E-state index is 0.0398. The molecule has 1 aromatic rings. The third kappa shape index (κ3) is 3.24. The van der Waals surface area contributed by atoms with Crippen LogP contribution in [0.4, 0.5) is 5.00 Å². The maximum Gasteiger partial charge on any atom is 0.247 e. The number of aryl methyl sites for hydroxylation is 1. The van der Waals surface area contributed by atoms with E-state index in [0.29, 0.717) is 30.0 Å². The molecular formula is C15H19N3O2S. The van der Waals surface area contributed by atoms with Crippen LogP contribution in [0, 0.1) is 11.3 Å². The van der Waals surface area contributed by atoms with Gasteiger partial charge in [-0.15, -0.1) is 11.3 Å². The summed E-state index contributed by atoms with van der Waals surface area (Å²) < 4.78 is 0. The van der Waals surface area contributed by atoms with E-state index in [-0.39, 0.29) is 11.8 Å². The Labute approximate surface area is 128 Å². The zero-order valence-corrected chi connectivity index (χ0v) is 13.1. The smallest absolute Gasteiger partial charge is 0.247 e. The zero-order chi connectivity index (χ0) is 15.4. The highest BCUT2D eigenvalue weighted by Crippen LogP contribution is 2.28. The summed E-state index contributed by atoms with van der Waals surface area (Å²) in [5.74, 6) is -0.160. The summed E-state index contributed by atoms with van der Waals surface area (Å²) in [4.78, 5) is 26.9. The lowest BCUT2D eigenvalue weighted by Gasteiger charge is -2.25. The highest BCUT2D eigenvalue weighted by molar-refractivity contribution is 7.16. The summed E-state index contributed by atoms with van der Waals surface area (Å²) in [5, 5.41) is 12.5. The number of anilines is 1. The molecule has 0 bridgehead atoms. The number of nitrogens with zero attached hydrogens (tertiary/aromatic N) is 2. The molecule has 0 aliphatic carbocycles. The molecule has 1 aliphatic rings. The van der Waals surface area contributed by atoms with Crippen LogP contribution < -0.4 is 5.32 Å². The third-order valence-corrected chi connectivity index (χ3v) is 4.86. The predicted molar refractivity (Wildman–Crippen MR) is 82.1 cm³/mol. The molecule has 1 aromatic heterocycles. The molecule has 0 spiro atoms. The van der Waals surface area contributed by atoms with Crippen LogP contribution in [0.25, 0.3) is 0 Å². The number of hydrogen-bond donors (Lipinski definition) is 1. The van der Waals surface area contributed by atoms with E-state index in [1.807, 2.05) is 19.9 Å². The van der Waals surface area contributed by atoms with Gasteiger partial charge in [-0.25, -0.2) is 0 Å². The van der Waals surface area contributed by atoms with Crippen molar-refractivity contribution in [2.24, 2.45) is 0 Å². The van der Waals surface area contributed by atoms with Crippen LogP contribution in [-0.2, 0) is 16.0 Å². The molecule has 21 heavy (non-hydrogen) atoms. The SMILES string of the molecule is CCc1cc(C#N)c(NC(=O)C(CC)N2CCCC2=O)s1. The Morgan fingerprint density at radius 2 is 2.33 bits per heavy atom. The van der Waals surface area contributed by atoms with Crippen LogP contribution in [0.15, 0.2) is 6.07 Å². The topological polar surface area (TPSA) is 73.2 Å². The summed E-state index contributed by atoms with van der Waals surface area (Å²) in [7, 11) is 0. The van der Waals surface area contributed by atoms with Gasteiger partial charge in [0.25, 0.3) is 0 Å². The maximum atomic E-state index is 12.4. The summed E-state index contributed by atoms with van der Waals surface area (Å²) in [5.41, 5.74) is 0.493. The molecule has 0 saturated carbocycles. The summed E-state index contributed by atoms with van der Waals surface area (Å²) in [6, 6.07) is 3.47. The van der Waals surface area contributed by atoms with Crippen LogP contribution in [0.5, 0.6) is 0 Å². The lowest BCUT2D eigenvalue weighted by Crippen LogP contribution is -2.44. The maximum absolute atomic E-state index is 12.4. The van der Waals surface area contributed by atoms with Gasteiger partial charge in [-0.3, -0.25) is 9.59 Å². The van der Waals surface area contributed by atoms with Crippen molar-refractivity contribution in [2.75, 3.05) is 11.9 Å². The van der Waals surface area contributed by atoms with E-state index in [9.17, 15) is 9.59 Å². The lowest BCUT2D eigenvalue weighted by atomic mass is 10.2. The average Bonchev–Trinajstić information content (AvgIpc) is 3.06. The lowest BCUT2D eigenvalue weighted by molar-refractivity contribution is -0.135. The number of rotatable bonds is 5. The molecule has 5 nitrogen and oxygen atoms in total. The van der Waals surface area contributed by atoms with E-state index in [4.69, 9.17) is 5.26 Å². The first-order valence-electron chi connectivity index (χ1n) is 7.23. The van der Waals surface area contributed by atoms with Gasteiger partial charge in [0.05, 0.1) is 5.56 Å². The Hall–Kier alpha value is -1.87. The molecule has 0 aromatic carbocycles. The zero-order valence-electron chi connectivity index (χ0n) is 12.3. The molecule has 1 fully saturated rings. The van der Waals surface area contributed by atoms with Crippen molar-refractivity contribution in [1.82, 2.24) is 4.90 Å². The van der Waals surface area contributed by atoms with Crippen LogP contribution in [0.3, 0.4) is 0 Å². The molecule has 1 unspecified atom stereocenters. The first-order chi connectivity index (χ1) is 10.1. The third-order valence-electron chi connectivity index (χ3n) is 3.66. The molecule has 1 saturated heterocycles. The van der Waals surface area contributed by atoms with Crippen LogP contribution >= 0.6 is 11.3 Å². The van der Waals surface area contributed by atoms with E-state index < -0.39 is 6.04 Å². The number of hydrogen-bond acceptors (Lipinski definition) is 4. The van der Waals surface area contributed by atoms with E-state index in [0.717, 1.165) is 17.7 Å². The number of nitrogens with one attached hydrogen (secondary N) is 1. The number of thiophene rings is 1. The number of amides is 2. The fourth-order valence-electron chi connectivity index (χ4n) is 2.53. The molecule has 1 N–H and O–H groups in total. The van der Waals surface area contributed by atoms with Gasteiger partial charge in [0.1, 0.15) is 17.1 Å². The molecule has 112 valence electrons. The molecule has 1 atom stereocenters. The van der Waals surface area contributed by atoms with E-state index >= 15 is 0 Å². The monoisotopic (exact) mass is 305 g/mol. The van der Waals surface area contributed by atoms with Crippen molar-refractivity contribution in [1.29, 1.82) is 5.26 Å². The fraction of sp³-hybridized carbons (Fsp3) is 0.533. The Morgan fingerprint density at radius 1 is 1.57 bits per heavy atom. The van der Waals surface area contributed by atoms with Crippen molar-refractivity contribution in [3.05, 3.63) is 16.5 Å². The Bertz CT molecular complexity index is 588. The minimum Gasteiger partial charge on any atom is -0.331 e. The Balaban J connectivity index is 2.14. The second kappa shape index (κ2) is 6.72. The van der Waals surface area contributed by atoms with Gasteiger partial charge < -0.3 is 10.2 Å². The van der Waals surface area contributed by atoms with Gasteiger partial charge in [0.15, 0.2) is 0 Å².